The van der Waals surface area contributed by atoms with E-state index in [4.69, 9.17) is 0 Å². The van der Waals surface area contributed by atoms with Crippen LogP contribution in [-0.4, -0.2) is 53.5 Å². The number of amides is 1. The summed E-state index contributed by atoms with van der Waals surface area (Å²) in [7, 11) is -3.16. The lowest BCUT2D eigenvalue weighted by Gasteiger charge is -2.34. The molecule has 1 aliphatic heterocycles. The van der Waals surface area contributed by atoms with Gasteiger partial charge in [0.1, 0.15) is 15.6 Å². The van der Waals surface area contributed by atoms with Gasteiger partial charge in [0.05, 0.1) is 34.3 Å². The van der Waals surface area contributed by atoms with E-state index in [1.54, 1.807) is 6.92 Å². The third-order valence-electron chi connectivity index (χ3n) is 6.55. The lowest BCUT2D eigenvalue weighted by molar-refractivity contribution is -0.0498. The van der Waals surface area contributed by atoms with Gasteiger partial charge in [-0.05, 0) is 57.0 Å². The average molecular weight is 544 g/mol. The predicted octanol–water partition coefficient (Wildman–Crippen LogP) is 3.92. The topological polar surface area (TPSA) is 99.4 Å². The highest BCUT2D eigenvalue weighted by molar-refractivity contribution is 7.91. The molecular formula is C24H25F4N3O5S. The Hall–Kier alpha value is -3.35. The summed E-state index contributed by atoms with van der Waals surface area (Å²) in [6.07, 6.45) is -2.46. The van der Waals surface area contributed by atoms with Gasteiger partial charge in [-0.15, -0.1) is 0 Å². The van der Waals surface area contributed by atoms with Crippen LogP contribution in [0, 0.1) is 0 Å². The molecule has 0 radical (unpaired) electrons. The van der Waals surface area contributed by atoms with Crippen LogP contribution in [0.4, 0.5) is 17.6 Å². The van der Waals surface area contributed by atoms with Gasteiger partial charge in [0, 0.05) is 17.2 Å². The zero-order chi connectivity index (χ0) is 27.1. The molecule has 0 aliphatic carbocycles. The molecule has 200 valence electrons. The second-order valence-electron chi connectivity index (χ2n) is 9.31. The van der Waals surface area contributed by atoms with Crippen molar-refractivity contribution < 1.29 is 35.5 Å². The van der Waals surface area contributed by atoms with Crippen molar-refractivity contribution in [1.29, 1.82) is 0 Å². The quantitative estimate of drug-likeness (QED) is 0.456. The van der Waals surface area contributed by atoms with E-state index < -0.39 is 46.1 Å². The second kappa shape index (κ2) is 9.84. The minimum atomic E-state index is -3.16. The summed E-state index contributed by atoms with van der Waals surface area (Å²) in [5, 5.41) is 2.83. The summed E-state index contributed by atoms with van der Waals surface area (Å²) in [5.41, 5.74) is -1.20. The second-order valence-corrected chi connectivity index (χ2v) is 11.6. The van der Waals surface area contributed by atoms with Gasteiger partial charge in [0.2, 0.25) is 0 Å². The molecule has 2 aromatic carbocycles. The Morgan fingerprint density at radius 2 is 1.73 bits per heavy atom. The Balaban J connectivity index is 1.78. The molecule has 0 bridgehead atoms. The first-order chi connectivity index (χ1) is 17.3. The van der Waals surface area contributed by atoms with Gasteiger partial charge in [-0.3, -0.25) is 13.9 Å². The third-order valence-corrected chi connectivity index (χ3v) is 8.21. The maximum absolute atomic E-state index is 13.7. The van der Waals surface area contributed by atoms with E-state index in [1.165, 1.54) is 42.5 Å². The summed E-state index contributed by atoms with van der Waals surface area (Å²) in [6.45, 7) is -0.209. The lowest BCUT2D eigenvalue weighted by atomic mass is 9.94. The molecule has 1 amide bonds. The average Bonchev–Trinajstić information content (AvgIpc) is 3.11. The van der Waals surface area contributed by atoms with Crippen molar-refractivity contribution in [2.75, 3.05) is 11.5 Å². The van der Waals surface area contributed by atoms with Crippen LogP contribution in [0.3, 0.4) is 0 Å². The molecule has 37 heavy (non-hydrogen) atoms. The van der Waals surface area contributed by atoms with E-state index in [0.29, 0.717) is 0 Å². The molecular weight excluding hydrogens is 518 g/mol. The molecule has 1 atom stereocenters. The molecule has 1 saturated heterocycles. The van der Waals surface area contributed by atoms with Crippen LogP contribution >= 0.6 is 0 Å². The number of imidazole rings is 1. The van der Waals surface area contributed by atoms with Gasteiger partial charge in [-0.25, -0.2) is 22.0 Å². The van der Waals surface area contributed by atoms with Crippen molar-refractivity contribution in [3.63, 3.8) is 0 Å². The van der Waals surface area contributed by atoms with E-state index in [2.05, 4.69) is 10.1 Å². The van der Waals surface area contributed by atoms with Gasteiger partial charge < -0.3 is 10.1 Å². The Morgan fingerprint density at radius 3 is 2.35 bits per heavy atom. The number of ether oxygens (including phenoxy) is 1. The molecule has 3 aromatic rings. The molecule has 0 unspecified atom stereocenters. The highest BCUT2D eigenvalue weighted by Gasteiger charge is 2.35. The van der Waals surface area contributed by atoms with Crippen molar-refractivity contribution in [3.05, 3.63) is 58.5 Å². The van der Waals surface area contributed by atoms with Gasteiger partial charge in [0.15, 0.2) is 0 Å². The fourth-order valence-electron chi connectivity index (χ4n) is 4.37. The fraction of sp³-hybridized carbons (Fsp3) is 0.417. The van der Waals surface area contributed by atoms with Crippen LogP contribution in [0.15, 0.2) is 47.3 Å². The number of carbonyl (C=O) groups excluding carboxylic acids is 1. The molecule has 13 heteroatoms. The number of benzene rings is 2. The standard InChI is InChI=1S/C24H25F4N3O5S/c1-14(20(25)26)30-19-12-15(21(32)29-24(2)8-10-37(34,35)11-9-24)6-7-18(19)31(23(30)33)16-4-3-5-17(13-16)36-22(27)28/h3-7,12-14,20,22H,8-11H2,1-2H3,(H,29,32)/t14-/m1/s1. The number of alkyl halides is 4. The predicted molar refractivity (Wildman–Crippen MR) is 129 cm³/mol. The van der Waals surface area contributed by atoms with Crippen LogP contribution < -0.4 is 15.7 Å². The van der Waals surface area contributed by atoms with Crippen molar-refractivity contribution in [3.8, 4) is 11.4 Å². The molecule has 1 fully saturated rings. The molecule has 8 nitrogen and oxygen atoms in total. The van der Waals surface area contributed by atoms with Crippen LogP contribution in [0.1, 0.15) is 43.1 Å². The molecule has 1 N–H and O–H groups in total. The number of hydrogen-bond acceptors (Lipinski definition) is 5. The summed E-state index contributed by atoms with van der Waals surface area (Å²) in [6, 6.07) is 7.84. The Bertz CT molecular complexity index is 1490. The fourth-order valence-corrected chi connectivity index (χ4v) is 6.10. The van der Waals surface area contributed by atoms with Gasteiger partial charge >= 0.3 is 12.3 Å². The van der Waals surface area contributed by atoms with Gasteiger partial charge in [-0.2, -0.15) is 8.78 Å². The smallest absolute Gasteiger partial charge is 0.387 e. The van der Waals surface area contributed by atoms with E-state index in [-0.39, 0.29) is 52.4 Å². The zero-order valence-corrected chi connectivity index (χ0v) is 20.8. The first-order valence-corrected chi connectivity index (χ1v) is 13.3. The minimum Gasteiger partial charge on any atom is -0.435 e. The molecule has 4 rings (SSSR count). The number of nitrogens with zero attached hydrogens (tertiary/aromatic N) is 2. The molecule has 1 aromatic heterocycles. The van der Waals surface area contributed by atoms with Crippen molar-refractivity contribution in [2.24, 2.45) is 0 Å². The molecule has 0 spiro atoms. The maximum atomic E-state index is 13.7. The summed E-state index contributed by atoms with van der Waals surface area (Å²) in [5.74, 6) is -0.898. The number of nitrogens with one attached hydrogen (secondary N) is 1. The summed E-state index contributed by atoms with van der Waals surface area (Å²) < 4.78 is 82.7. The maximum Gasteiger partial charge on any atom is 0.387 e. The van der Waals surface area contributed by atoms with E-state index >= 15 is 0 Å². The zero-order valence-electron chi connectivity index (χ0n) is 20.0. The number of halogens is 4. The largest absolute Gasteiger partial charge is 0.435 e. The monoisotopic (exact) mass is 543 g/mol. The van der Waals surface area contributed by atoms with Crippen LogP contribution in [0.25, 0.3) is 16.7 Å². The highest BCUT2D eigenvalue weighted by atomic mass is 32.2. The molecule has 0 saturated carbocycles. The first kappa shape index (κ1) is 26.7. The van der Waals surface area contributed by atoms with Crippen molar-refractivity contribution in [2.45, 2.75) is 51.3 Å². The SMILES string of the molecule is C[C@H](C(F)F)n1c(=O)n(-c2cccc(OC(F)F)c2)c2ccc(C(=O)NC3(C)CCS(=O)(=O)CC3)cc21. The van der Waals surface area contributed by atoms with Gasteiger partial charge in [0.25, 0.3) is 12.3 Å². The van der Waals surface area contributed by atoms with Crippen molar-refractivity contribution in [1.82, 2.24) is 14.5 Å². The minimum absolute atomic E-state index is 0.0435. The third kappa shape index (κ3) is 5.50. The van der Waals surface area contributed by atoms with E-state index in [9.17, 15) is 35.6 Å². The Morgan fingerprint density at radius 1 is 1.05 bits per heavy atom. The lowest BCUT2D eigenvalue weighted by Crippen LogP contribution is -2.50. The number of sulfone groups is 1. The summed E-state index contributed by atoms with van der Waals surface area (Å²) >= 11 is 0. The van der Waals surface area contributed by atoms with Crippen LogP contribution in [0.5, 0.6) is 5.75 Å². The number of carbonyl (C=O) groups is 1. The Kier molecular flexibility index (Phi) is 7.10. The number of rotatable bonds is 7. The number of aromatic nitrogens is 2. The first-order valence-electron chi connectivity index (χ1n) is 11.4. The molecule has 1 aliphatic rings. The van der Waals surface area contributed by atoms with E-state index in [1.807, 2.05) is 0 Å². The van der Waals surface area contributed by atoms with Crippen molar-refractivity contribution >= 4 is 26.8 Å². The van der Waals surface area contributed by atoms with Crippen LogP contribution in [-0.2, 0) is 9.84 Å². The summed E-state index contributed by atoms with van der Waals surface area (Å²) in [4.78, 5) is 26.4. The number of hydrogen-bond donors (Lipinski definition) is 1. The number of fused-ring (bicyclic) bond motifs is 1. The normalized spacial score (nSPS) is 17.7. The highest BCUT2D eigenvalue weighted by Crippen LogP contribution is 2.28. The van der Waals surface area contributed by atoms with E-state index in [0.717, 1.165) is 16.1 Å². The Labute approximate surface area is 209 Å². The molecule has 2 heterocycles. The van der Waals surface area contributed by atoms with Crippen LogP contribution in [0.2, 0.25) is 0 Å². The van der Waals surface area contributed by atoms with Gasteiger partial charge in [-0.1, -0.05) is 6.07 Å².